The van der Waals surface area contributed by atoms with E-state index in [0.717, 1.165) is 28.3 Å². The highest BCUT2D eigenvalue weighted by atomic mass is 32.1. The van der Waals surface area contributed by atoms with Crippen LogP contribution in [0.1, 0.15) is 17.4 Å². The Bertz CT molecular complexity index is 998. The number of nitrogens with one attached hydrogen (secondary N) is 1. The third-order valence-electron chi connectivity index (χ3n) is 4.39. The largest absolute Gasteiger partial charge is 0.484 e. The first-order valence-electron chi connectivity index (χ1n) is 9.01. The van der Waals surface area contributed by atoms with E-state index in [1.807, 2.05) is 49.4 Å². The fourth-order valence-corrected chi connectivity index (χ4v) is 3.74. The van der Waals surface area contributed by atoms with E-state index in [4.69, 9.17) is 14.2 Å². The second-order valence-electron chi connectivity index (χ2n) is 6.33. The van der Waals surface area contributed by atoms with Gasteiger partial charge in [-0.1, -0.05) is 19.1 Å². The van der Waals surface area contributed by atoms with E-state index in [1.165, 1.54) is 16.9 Å². The van der Waals surface area contributed by atoms with Crippen LogP contribution in [0.5, 0.6) is 17.2 Å². The Morgan fingerprint density at radius 1 is 1.18 bits per heavy atom. The molecule has 28 heavy (non-hydrogen) atoms. The maximum atomic E-state index is 12.2. The van der Waals surface area contributed by atoms with Gasteiger partial charge in [0.2, 0.25) is 6.79 Å². The van der Waals surface area contributed by atoms with Crippen molar-refractivity contribution in [1.29, 1.82) is 0 Å². The first kappa shape index (κ1) is 18.3. The predicted molar refractivity (Wildman–Crippen MR) is 108 cm³/mol. The minimum Gasteiger partial charge on any atom is -0.484 e. The van der Waals surface area contributed by atoms with Crippen molar-refractivity contribution in [3.8, 4) is 28.5 Å². The summed E-state index contributed by atoms with van der Waals surface area (Å²) in [7, 11) is 0. The molecular weight excluding hydrogens is 376 g/mol. The van der Waals surface area contributed by atoms with Gasteiger partial charge >= 0.3 is 0 Å². The lowest BCUT2D eigenvalue weighted by Crippen LogP contribution is -2.20. The Morgan fingerprint density at radius 3 is 2.75 bits per heavy atom. The molecule has 0 saturated carbocycles. The van der Waals surface area contributed by atoms with Crippen molar-refractivity contribution in [2.24, 2.45) is 0 Å². The third kappa shape index (κ3) is 3.94. The molecule has 3 aromatic rings. The molecule has 0 atom stereocenters. The maximum absolute atomic E-state index is 12.2. The Labute approximate surface area is 167 Å². The number of rotatable bonds is 6. The Balaban J connectivity index is 1.39. The van der Waals surface area contributed by atoms with Gasteiger partial charge in [0.1, 0.15) is 5.75 Å². The van der Waals surface area contributed by atoms with Crippen molar-refractivity contribution < 1.29 is 19.0 Å². The van der Waals surface area contributed by atoms with Gasteiger partial charge in [-0.2, -0.15) is 0 Å². The summed E-state index contributed by atoms with van der Waals surface area (Å²) in [5.74, 6) is 1.86. The summed E-state index contributed by atoms with van der Waals surface area (Å²) >= 11 is 1.43. The number of hydrogen-bond donors (Lipinski definition) is 1. The molecule has 0 spiro atoms. The molecule has 0 radical (unpaired) electrons. The van der Waals surface area contributed by atoms with E-state index in [0.29, 0.717) is 16.6 Å². The third-order valence-corrected chi connectivity index (χ3v) is 5.28. The monoisotopic (exact) mass is 396 g/mol. The number of fused-ring (bicyclic) bond motifs is 1. The Kier molecular flexibility index (Phi) is 5.16. The van der Waals surface area contributed by atoms with E-state index in [1.54, 1.807) is 0 Å². The zero-order valence-electron chi connectivity index (χ0n) is 15.7. The Morgan fingerprint density at radius 2 is 1.96 bits per heavy atom. The number of anilines is 1. The molecule has 144 valence electrons. The molecular formula is C21H20N2O4S. The lowest BCUT2D eigenvalue weighted by molar-refractivity contribution is -0.118. The highest BCUT2D eigenvalue weighted by molar-refractivity contribution is 7.16. The summed E-state index contributed by atoms with van der Waals surface area (Å²) in [6.45, 7) is 4.23. The summed E-state index contributed by atoms with van der Waals surface area (Å²) in [5.41, 5.74) is 2.96. The first-order chi connectivity index (χ1) is 13.6. The number of thiazole rings is 1. The SMILES string of the molecule is CCc1ccc(OCC(=O)Nc2nc(-c3ccc4c(c3)OCO4)c(C)s2)cc1. The molecule has 7 heteroatoms. The second-order valence-corrected chi connectivity index (χ2v) is 7.53. The van der Waals surface area contributed by atoms with Crippen molar-refractivity contribution in [3.63, 3.8) is 0 Å². The van der Waals surface area contributed by atoms with Crippen molar-refractivity contribution in [2.45, 2.75) is 20.3 Å². The quantitative estimate of drug-likeness (QED) is 0.668. The van der Waals surface area contributed by atoms with Crippen molar-refractivity contribution in [1.82, 2.24) is 4.98 Å². The molecule has 2 aromatic carbocycles. The van der Waals surface area contributed by atoms with Gasteiger partial charge in [0.25, 0.3) is 5.91 Å². The molecule has 0 saturated heterocycles. The predicted octanol–water partition coefficient (Wildman–Crippen LogP) is 4.43. The van der Waals surface area contributed by atoms with Crippen LogP contribution in [0.25, 0.3) is 11.3 Å². The van der Waals surface area contributed by atoms with Crippen LogP contribution in [0.15, 0.2) is 42.5 Å². The summed E-state index contributed by atoms with van der Waals surface area (Å²) in [6.07, 6.45) is 0.968. The molecule has 2 heterocycles. The van der Waals surface area contributed by atoms with Crippen LogP contribution in [0, 0.1) is 6.92 Å². The zero-order chi connectivity index (χ0) is 19.5. The topological polar surface area (TPSA) is 69.7 Å². The first-order valence-corrected chi connectivity index (χ1v) is 9.83. The summed E-state index contributed by atoms with van der Waals surface area (Å²) < 4.78 is 16.3. The normalized spacial score (nSPS) is 12.1. The summed E-state index contributed by atoms with van der Waals surface area (Å²) in [5, 5.41) is 3.35. The summed E-state index contributed by atoms with van der Waals surface area (Å²) in [6, 6.07) is 13.4. The minimum atomic E-state index is -0.245. The molecule has 6 nitrogen and oxygen atoms in total. The average Bonchev–Trinajstić information content (AvgIpc) is 3.32. The summed E-state index contributed by atoms with van der Waals surface area (Å²) in [4.78, 5) is 17.8. The highest BCUT2D eigenvalue weighted by Crippen LogP contribution is 2.38. The Hall–Kier alpha value is -3.06. The van der Waals surface area contributed by atoms with Crippen LogP contribution in [-0.4, -0.2) is 24.3 Å². The second kappa shape index (κ2) is 7.90. The van der Waals surface area contributed by atoms with Crippen LogP contribution >= 0.6 is 11.3 Å². The van der Waals surface area contributed by atoms with Crippen molar-refractivity contribution in [2.75, 3.05) is 18.7 Å². The van der Waals surface area contributed by atoms with Gasteiger partial charge in [0.05, 0.1) is 5.69 Å². The number of amides is 1. The van der Waals surface area contributed by atoms with Gasteiger partial charge in [0.15, 0.2) is 23.2 Å². The lowest BCUT2D eigenvalue weighted by atomic mass is 10.1. The fourth-order valence-electron chi connectivity index (χ4n) is 2.89. The van der Waals surface area contributed by atoms with Gasteiger partial charge in [-0.15, -0.1) is 11.3 Å². The highest BCUT2D eigenvalue weighted by Gasteiger charge is 2.17. The molecule has 4 rings (SSSR count). The number of nitrogens with zero attached hydrogens (tertiary/aromatic N) is 1. The average molecular weight is 396 g/mol. The molecule has 1 aromatic heterocycles. The molecule has 1 aliphatic heterocycles. The van der Waals surface area contributed by atoms with Gasteiger partial charge in [-0.05, 0) is 49.2 Å². The number of carbonyl (C=O) groups is 1. The van der Waals surface area contributed by atoms with Crippen molar-refractivity contribution >= 4 is 22.4 Å². The maximum Gasteiger partial charge on any atom is 0.264 e. The molecule has 1 amide bonds. The van der Waals surface area contributed by atoms with E-state index in [-0.39, 0.29) is 19.3 Å². The molecule has 0 fully saturated rings. The van der Waals surface area contributed by atoms with Crippen LogP contribution in [0.2, 0.25) is 0 Å². The number of benzene rings is 2. The van der Waals surface area contributed by atoms with E-state index in [2.05, 4.69) is 17.2 Å². The zero-order valence-corrected chi connectivity index (χ0v) is 16.5. The van der Waals surface area contributed by atoms with Gasteiger partial charge in [-0.3, -0.25) is 10.1 Å². The minimum absolute atomic E-state index is 0.0660. The van der Waals surface area contributed by atoms with Gasteiger partial charge in [-0.25, -0.2) is 4.98 Å². The lowest BCUT2D eigenvalue weighted by Gasteiger charge is -2.06. The van der Waals surface area contributed by atoms with Crippen LogP contribution in [-0.2, 0) is 11.2 Å². The van der Waals surface area contributed by atoms with Gasteiger partial charge < -0.3 is 14.2 Å². The van der Waals surface area contributed by atoms with E-state index < -0.39 is 0 Å². The molecule has 0 unspecified atom stereocenters. The van der Waals surface area contributed by atoms with Crippen molar-refractivity contribution in [3.05, 3.63) is 52.9 Å². The van der Waals surface area contributed by atoms with Gasteiger partial charge in [0, 0.05) is 10.4 Å². The molecule has 0 aliphatic carbocycles. The number of aromatic nitrogens is 1. The molecule has 1 N–H and O–H groups in total. The number of ether oxygens (including phenoxy) is 3. The number of aryl methyl sites for hydroxylation is 2. The fraction of sp³-hybridized carbons (Fsp3) is 0.238. The number of carbonyl (C=O) groups excluding carboxylic acids is 1. The van der Waals surface area contributed by atoms with E-state index >= 15 is 0 Å². The van der Waals surface area contributed by atoms with Crippen LogP contribution < -0.4 is 19.5 Å². The smallest absolute Gasteiger partial charge is 0.264 e. The van der Waals surface area contributed by atoms with Crippen LogP contribution in [0.4, 0.5) is 5.13 Å². The van der Waals surface area contributed by atoms with E-state index in [9.17, 15) is 4.79 Å². The standard InChI is InChI=1S/C21H20N2O4S/c1-3-14-4-7-16(8-5-14)25-11-19(24)22-21-23-20(13(2)28-21)15-6-9-17-18(10-15)27-12-26-17/h4-10H,3,11-12H2,1-2H3,(H,22,23,24). The molecule has 1 aliphatic rings. The van der Waals surface area contributed by atoms with Crippen LogP contribution in [0.3, 0.4) is 0 Å². The molecule has 0 bridgehead atoms. The number of hydrogen-bond acceptors (Lipinski definition) is 6.